The molecule has 0 radical (unpaired) electrons. The van der Waals surface area contributed by atoms with Crippen molar-refractivity contribution in [3.05, 3.63) is 76.4 Å². The van der Waals surface area contributed by atoms with Gasteiger partial charge in [0.1, 0.15) is 0 Å². The van der Waals surface area contributed by atoms with Gasteiger partial charge >= 0.3 is 0 Å². The zero-order valence-electron chi connectivity index (χ0n) is 13.4. The van der Waals surface area contributed by atoms with E-state index < -0.39 is 0 Å². The van der Waals surface area contributed by atoms with Crippen LogP contribution in [0.25, 0.3) is 5.57 Å². The van der Waals surface area contributed by atoms with Gasteiger partial charge in [-0.25, -0.2) is 0 Å². The van der Waals surface area contributed by atoms with E-state index in [-0.39, 0.29) is 0 Å². The predicted octanol–water partition coefficient (Wildman–Crippen LogP) is 6.02. The maximum Gasteiger partial charge on any atom is -0.00811 e. The molecule has 0 saturated heterocycles. The fourth-order valence-corrected chi connectivity index (χ4v) is 4.18. The summed E-state index contributed by atoms with van der Waals surface area (Å²) in [6.07, 6.45) is 16.9. The lowest BCUT2D eigenvalue weighted by molar-refractivity contribution is 0.587. The van der Waals surface area contributed by atoms with E-state index in [9.17, 15) is 0 Å². The van der Waals surface area contributed by atoms with Crippen molar-refractivity contribution >= 4 is 5.57 Å². The van der Waals surface area contributed by atoms with Crippen molar-refractivity contribution in [1.29, 1.82) is 0 Å². The van der Waals surface area contributed by atoms with Gasteiger partial charge in [-0.2, -0.15) is 0 Å². The van der Waals surface area contributed by atoms with Gasteiger partial charge < -0.3 is 0 Å². The number of rotatable bonds is 2. The van der Waals surface area contributed by atoms with Crippen LogP contribution in [0.15, 0.2) is 65.3 Å². The van der Waals surface area contributed by atoms with Crippen LogP contribution in [0.5, 0.6) is 0 Å². The number of hydrogen-bond acceptors (Lipinski definition) is 0. The minimum Gasteiger partial charge on any atom is -0.0839 e. The monoisotopic (exact) mass is 288 g/mol. The Kier molecular flexibility index (Phi) is 3.62. The standard InChI is InChI=1S/C22H24/c1-16-10-12-17(13-11-16)14-19-15-18-6-2-3-7-20(18)22-9-5-4-8-21(19)22/h2-4,6-8,10,12,19H,5,9,11,13-15H2,1H3. The first kappa shape index (κ1) is 13.8. The number of fused-ring (bicyclic) bond motifs is 2. The molecule has 112 valence electrons. The van der Waals surface area contributed by atoms with Crippen molar-refractivity contribution < 1.29 is 0 Å². The van der Waals surface area contributed by atoms with Crippen LogP contribution >= 0.6 is 0 Å². The van der Waals surface area contributed by atoms with Gasteiger partial charge in [0, 0.05) is 0 Å². The number of benzene rings is 1. The van der Waals surface area contributed by atoms with Crippen LogP contribution in [0.3, 0.4) is 0 Å². The summed E-state index contributed by atoms with van der Waals surface area (Å²) in [5.74, 6) is 0.680. The van der Waals surface area contributed by atoms with Gasteiger partial charge in [-0.05, 0) is 73.6 Å². The van der Waals surface area contributed by atoms with Crippen LogP contribution in [0.4, 0.5) is 0 Å². The average Bonchev–Trinajstić information content (AvgIpc) is 2.57. The molecular formula is C22H24. The van der Waals surface area contributed by atoms with Crippen molar-refractivity contribution in [1.82, 2.24) is 0 Å². The van der Waals surface area contributed by atoms with E-state index in [0.717, 1.165) is 0 Å². The molecule has 0 aromatic heterocycles. The van der Waals surface area contributed by atoms with Gasteiger partial charge in [-0.3, -0.25) is 0 Å². The molecule has 0 bridgehead atoms. The van der Waals surface area contributed by atoms with Gasteiger partial charge in [-0.1, -0.05) is 59.7 Å². The molecule has 0 saturated carbocycles. The Morgan fingerprint density at radius 3 is 2.82 bits per heavy atom. The first-order valence-electron chi connectivity index (χ1n) is 8.64. The normalized spacial score (nSPS) is 23.6. The summed E-state index contributed by atoms with van der Waals surface area (Å²) in [4.78, 5) is 0. The summed E-state index contributed by atoms with van der Waals surface area (Å²) in [6.45, 7) is 2.24. The third-order valence-electron chi connectivity index (χ3n) is 5.41. The summed E-state index contributed by atoms with van der Waals surface area (Å²) in [5, 5.41) is 0. The molecular weight excluding hydrogens is 264 g/mol. The summed E-state index contributed by atoms with van der Waals surface area (Å²) in [6, 6.07) is 9.06. The topological polar surface area (TPSA) is 0 Å². The van der Waals surface area contributed by atoms with E-state index in [4.69, 9.17) is 0 Å². The fourth-order valence-electron chi connectivity index (χ4n) is 4.18. The van der Waals surface area contributed by atoms with Crippen molar-refractivity contribution in [2.24, 2.45) is 5.92 Å². The first-order chi connectivity index (χ1) is 10.8. The summed E-state index contributed by atoms with van der Waals surface area (Å²) in [7, 11) is 0. The molecule has 1 aromatic carbocycles. The maximum atomic E-state index is 2.42. The Morgan fingerprint density at radius 2 is 1.95 bits per heavy atom. The molecule has 3 aliphatic rings. The highest BCUT2D eigenvalue weighted by Crippen LogP contribution is 2.43. The highest BCUT2D eigenvalue weighted by molar-refractivity contribution is 5.76. The van der Waals surface area contributed by atoms with Gasteiger partial charge in [0.25, 0.3) is 0 Å². The van der Waals surface area contributed by atoms with Crippen molar-refractivity contribution in [3.8, 4) is 0 Å². The maximum absolute atomic E-state index is 2.42. The van der Waals surface area contributed by atoms with Crippen LogP contribution in [0.1, 0.15) is 50.2 Å². The first-order valence-corrected chi connectivity index (χ1v) is 8.64. The third kappa shape index (κ3) is 2.52. The molecule has 0 heteroatoms. The highest BCUT2D eigenvalue weighted by atomic mass is 14.3. The predicted molar refractivity (Wildman–Crippen MR) is 94.6 cm³/mol. The van der Waals surface area contributed by atoms with E-state index in [1.54, 1.807) is 22.3 Å². The lowest BCUT2D eigenvalue weighted by Gasteiger charge is -2.32. The molecule has 1 atom stereocenters. The van der Waals surface area contributed by atoms with E-state index in [0.29, 0.717) is 5.92 Å². The minimum atomic E-state index is 0.680. The second-order valence-electron chi connectivity index (χ2n) is 6.98. The van der Waals surface area contributed by atoms with Crippen LogP contribution < -0.4 is 0 Å². The molecule has 0 amide bonds. The Labute approximate surface area is 133 Å². The average molecular weight is 288 g/mol. The van der Waals surface area contributed by atoms with Crippen LogP contribution in [-0.4, -0.2) is 0 Å². The van der Waals surface area contributed by atoms with Crippen molar-refractivity contribution in [3.63, 3.8) is 0 Å². The second kappa shape index (κ2) is 5.76. The zero-order chi connectivity index (χ0) is 14.9. The molecule has 22 heavy (non-hydrogen) atoms. The van der Waals surface area contributed by atoms with Gasteiger partial charge in [0.05, 0.1) is 0 Å². The molecule has 4 rings (SSSR count). The SMILES string of the molecule is CC1=CC=C(CC2Cc3ccccc3C3=C2C=CCC3)CC1. The number of hydrogen-bond donors (Lipinski definition) is 0. The molecule has 0 N–H and O–H groups in total. The van der Waals surface area contributed by atoms with Crippen LogP contribution in [-0.2, 0) is 6.42 Å². The lowest BCUT2D eigenvalue weighted by atomic mass is 9.72. The van der Waals surface area contributed by atoms with Crippen LogP contribution in [0.2, 0.25) is 0 Å². The van der Waals surface area contributed by atoms with Crippen molar-refractivity contribution in [2.45, 2.75) is 45.4 Å². The highest BCUT2D eigenvalue weighted by Gasteiger charge is 2.27. The summed E-state index contributed by atoms with van der Waals surface area (Å²) in [5.41, 5.74) is 9.49. The largest absolute Gasteiger partial charge is 0.0839 e. The van der Waals surface area contributed by atoms with Gasteiger partial charge in [0.15, 0.2) is 0 Å². The Bertz CT molecular complexity index is 709. The molecule has 0 nitrogen and oxygen atoms in total. The minimum absolute atomic E-state index is 0.680. The summed E-state index contributed by atoms with van der Waals surface area (Å²) >= 11 is 0. The number of allylic oxidation sites excluding steroid dienone is 8. The van der Waals surface area contributed by atoms with E-state index in [1.807, 2.05) is 0 Å². The fraction of sp³-hybridized carbons (Fsp3) is 0.364. The zero-order valence-corrected chi connectivity index (χ0v) is 13.4. The van der Waals surface area contributed by atoms with Gasteiger partial charge in [-0.15, -0.1) is 0 Å². The summed E-state index contributed by atoms with van der Waals surface area (Å²) < 4.78 is 0. The molecule has 1 unspecified atom stereocenters. The van der Waals surface area contributed by atoms with E-state index in [1.165, 1.54) is 49.7 Å². The Balaban J connectivity index is 1.68. The molecule has 0 aliphatic heterocycles. The molecule has 3 aliphatic carbocycles. The van der Waals surface area contributed by atoms with Gasteiger partial charge in [0.2, 0.25) is 0 Å². The van der Waals surface area contributed by atoms with Crippen molar-refractivity contribution in [2.75, 3.05) is 0 Å². The quantitative estimate of drug-likeness (QED) is 0.624. The molecule has 0 heterocycles. The molecule has 1 aromatic rings. The molecule has 0 spiro atoms. The Hall–Kier alpha value is -1.82. The second-order valence-corrected chi connectivity index (χ2v) is 6.98. The van der Waals surface area contributed by atoms with E-state index in [2.05, 4.69) is 55.5 Å². The smallest absolute Gasteiger partial charge is 0.00811 e. The van der Waals surface area contributed by atoms with E-state index >= 15 is 0 Å². The van der Waals surface area contributed by atoms with Crippen LogP contribution in [0, 0.1) is 5.92 Å². The molecule has 0 fully saturated rings. The Morgan fingerprint density at radius 1 is 1.05 bits per heavy atom. The third-order valence-corrected chi connectivity index (χ3v) is 5.41. The lowest BCUT2D eigenvalue weighted by Crippen LogP contribution is -2.18.